The zero-order valence-electron chi connectivity index (χ0n) is 9.59. The van der Waals surface area contributed by atoms with Crippen molar-refractivity contribution in [2.24, 2.45) is 12.5 Å². The minimum Gasteiger partial charge on any atom is -0.381 e. The van der Waals surface area contributed by atoms with Crippen LogP contribution in [0.1, 0.15) is 17.8 Å². The van der Waals surface area contributed by atoms with E-state index in [0.717, 1.165) is 36.2 Å². The summed E-state index contributed by atoms with van der Waals surface area (Å²) in [5.41, 5.74) is 2.33. The summed E-state index contributed by atoms with van der Waals surface area (Å²) in [6, 6.07) is 0. The van der Waals surface area contributed by atoms with E-state index in [1.165, 1.54) is 5.69 Å². The molecular formula is C11H16BrClN2O. The molecule has 90 valence electrons. The molecule has 1 aliphatic rings. The first kappa shape index (κ1) is 12.4. The average molecular weight is 308 g/mol. The Balaban J connectivity index is 2.25. The predicted molar refractivity (Wildman–Crippen MR) is 67.9 cm³/mol. The highest BCUT2D eigenvalue weighted by Gasteiger charge is 2.36. The van der Waals surface area contributed by atoms with Crippen LogP contribution in [-0.2, 0) is 18.2 Å². The van der Waals surface area contributed by atoms with E-state index in [-0.39, 0.29) is 5.41 Å². The van der Waals surface area contributed by atoms with E-state index in [9.17, 15) is 0 Å². The smallest absolute Gasteiger partial charge is 0.0738 e. The fourth-order valence-electron chi connectivity index (χ4n) is 2.17. The van der Waals surface area contributed by atoms with Crippen molar-refractivity contribution in [3.05, 3.63) is 15.9 Å². The largest absolute Gasteiger partial charge is 0.381 e. The summed E-state index contributed by atoms with van der Waals surface area (Å²) in [5.74, 6) is 0.643. The number of aryl methyl sites for hydroxylation is 2. The molecule has 5 heteroatoms. The summed E-state index contributed by atoms with van der Waals surface area (Å²) in [7, 11) is 1.98. The highest BCUT2D eigenvalue weighted by Crippen LogP contribution is 2.36. The second-order valence-electron chi connectivity index (χ2n) is 4.58. The van der Waals surface area contributed by atoms with Crippen LogP contribution in [0.2, 0.25) is 0 Å². The van der Waals surface area contributed by atoms with Crippen molar-refractivity contribution >= 4 is 27.5 Å². The summed E-state index contributed by atoms with van der Waals surface area (Å²) < 4.78 is 8.52. The van der Waals surface area contributed by atoms with E-state index < -0.39 is 0 Å². The summed E-state index contributed by atoms with van der Waals surface area (Å²) in [4.78, 5) is 0. The van der Waals surface area contributed by atoms with Crippen LogP contribution >= 0.6 is 27.5 Å². The van der Waals surface area contributed by atoms with Gasteiger partial charge in [-0.05, 0) is 35.7 Å². The standard InChI is InChI=1S/C11H16BrClN2O/c1-8-10(12)9(15(2)14-8)5-11(6-13)3-4-16-7-11/h3-7H2,1-2H3. The van der Waals surface area contributed by atoms with E-state index in [2.05, 4.69) is 21.0 Å². The van der Waals surface area contributed by atoms with Crippen molar-refractivity contribution in [1.82, 2.24) is 9.78 Å². The van der Waals surface area contributed by atoms with Crippen LogP contribution in [0.25, 0.3) is 0 Å². The first-order valence-corrected chi connectivity index (χ1v) is 6.72. The van der Waals surface area contributed by atoms with E-state index in [1.54, 1.807) is 0 Å². The van der Waals surface area contributed by atoms with Crippen molar-refractivity contribution < 1.29 is 4.74 Å². The molecule has 3 nitrogen and oxygen atoms in total. The molecule has 1 fully saturated rings. The molecule has 0 N–H and O–H groups in total. The molecule has 1 unspecified atom stereocenters. The van der Waals surface area contributed by atoms with Crippen LogP contribution in [0.3, 0.4) is 0 Å². The van der Waals surface area contributed by atoms with Crippen molar-refractivity contribution in [2.75, 3.05) is 19.1 Å². The Kier molecular flexibility index (Phi) is 3.62. The van der Waals surface area contributed by atoms with Gasteiger partial charge in [-0.25, -0.2) is 0 Å². The molecular weight excluding hydrogens is 291 g/mol. The number of rotatable bonds is 3. The van der Waals surface area contributed by atoms with Crippen LogP contribution in [0.5, 0.6) is 0 Å². The molecule has 2 rings (SSSR count). The van der Waals surface area contributed by atoms with Crippen LogP contribution in [0, 0.1) is 12.3 Å². The number of hydrogen-bond donors (Lipinski definition) is 0. The Morgan fingerprint density at radius 3 is 2.81 bits per heavy atom. The van der Waals surface area contributed by atoms with Gasteiger partial charge < -0.3 is 4.74 Å². The van der Waals surface area contributed by atoms with Crippen LogP contribution in [-0.4, -0.2) is 28.9 Å². The van der Waals surface area contributed by atoms with Gasteiger partial charge in [0.15, 0.2) is 0 Å². The van der Waals surface area contributed by atoms with Crippen molar-refractivity contribution in [3.63, 3.8) is 0 Å². The van der Waals surface area contributed by atoms with Gasteiger partial charge >= 0.3 is 0 Å². The third kappa shape index (κ3) is 2.15. The normalized spacial score (nSPS) is 25.2. The molecule has 0 saturated carbocycles. The first-order valence-electron chi connectivity index (χ1n) is 5.40. The lowest BCUT2D eigenvalue weighted by Gasteiger charge is -2.24. The molecule has 0 aliphatic carbocycles. The second-order valence-corrected chi connectivity index (χ2v) is 5.64. The molecule has 1 saturated heterocycles. The predicted octanol–water partition coefficient (Wildman–Crippen LogP) is 2.68. The number of ether oxygens (including phenoxy) is 1. The fourth-order valence-corrected chi connectivity index (χ4v) is 2.95. The summed E-state index contributed by atoms with van der Waals surface area (Å²) in [5, 5.41) is 4.40. The molecule has 0 spiro atoms. The lowest BCUT2D eigenvalue weighted by atomic mass is 9.84. The number of alkyl halides is 1. The summed E-state index contributed by atoms with van der Waals surface area (Å²) >= 11 is 9.70. The maximum Gasteiger partial charge on any atom is 0.0738 e. The first-order chi connectivity index (χ1) is 7.58. The average Bonchev–Trinajstić information content (AvgIpc) is 2.81. The Labute approximate surface area is 109 Å². The van der Waals surface area contributed by atoms with Gasteiger partial charge in [0, 0.05) is 24.9 Å². The van der Waals surface area contributed by atoms with Crippen LogP contribution in [0.4, 0.5) is 0 Å². The highest BCUT2D eigenvalue weighted by molar-refractivity contribution is 9.10. The zero-order chi connectivity index (χ0) is 11.8. The maximum atomic E-state index is 6.10. The number of nitrogens with zero attached hydrogens (tertiary/aromatic N) is 2. The van der Waals surface area contributed by atoms with Gasteiger partial charge in [-0.1, -0.05) is 0 Å². The topological polar surface area (TPSA) is 27.1 Å². The minimum absolute atomic E-state index is 0.0876. The monoisotopic (exact) mass is 306 g/mol. The number of aromatic nitrogens is 2. The molecule has 0 radical (unpaired) electrons. The molecule has 1 aliphatic heterocycles. The Morgan fingerprint density at radius 1 is 1.62 bits per heavy atom. The van der Waals surface area contributed by atoms with Gasteiger partial charge in [-0.3, -0.25) is 4.68 Å². The third-order valence-corrected chi connectivity index (χ3v) is 4.87. The second kappa shape index (κ2) is 4.67. The van der Waals surface area contributed by atoms with Crippen molar-refractivity contribution in [3.8, 4) is 0 Å². The zero-order valence-corrected chi connectivity index (χ0v) is 11.9. The Morgan fingerprint density at radius 2 is 2.38 bits per heavy atom. The Hall–Kier alpha value is -0.0600. The third-order valence-electron chi connectivity index (χ3n) is 3.27. The quantitative estimate of drug-likeness (QED) is 0.803. The molecule has 1 aromatic heterocycles. The van der Waals surface area contributed by atoms with Crippen molar-refractivity contribution in [2.45, 2.75) is 19.8 Å². The SMILES string of the molecule is Cc1nn(C)c(CC2(CCl)CCOC2)c1Br. The van der Waals surface area contributed by atoms with Gasteiger partial charge in [0.1, 0.15) is 0 Å². The highest BCUT2D eigenvalue weighted by atomic mass is 79.9. The van der Waals surface area contributed by atoms with E-state index >= 15 is 0 Å². The van der Waals surface area contributed by atoms with E-state index in [4.69, 9.17) is 16.3 Å². The fraction of sp³-hybridized carbons (Fsp3) is 0.727. The molecule has 16 heavy (non-hydrogen) atoms. The van der Waals surface area contributed by atoms with Gasteiger partial charge in [0.25, 0.3) is 0 Å². The van der Waals surface area contributed by atoms with E-state index in [1.807, 2.05) is 18.7 Å². The molecule has 0 bridgehead atoms. The van der Waals surface area contributed by atoms with Crippen LogP contribution in [0.15, 0.2) is 4.47 Å². The Bertz CT molecular complexity index is 386. The number of hydrogen-bond acceptors (Lipinski definition) is 2. The van der Waals surface area contributed by atoms with Gasteiger partial charge in [-0.15, -0.1) is 11.6 Å². The van der Waals surface area contributed by atoms with Crippen molar-refractivity contribution in [1.29, 1.82) is 0 Å². The minimum atomic E-state index is 0.0876. The lowest BCUT2D eigenvalue weighted by Crippen LogP contribution is -2.27. The summed E-state index contributed by atoms with van der Waals surface area (Å²) in [6.07, 6.45) is 1.96. The molecule has 2 heterocycles. The van der Waals surface area contributed by atoms with Gasteiger partial charge in [0.05, 0.1) is 22.5 Å². The maximum absolute atomic E-state index is 6.10. The lowest BCUT2D eigenvalue weighted by molar-refractivity contribution is 0.160. The molecule has 1 atom stereocenters. The van der Waals surface area contributed by atoms with Gasteiger partial charge in [0.2, 0.25) is 0 Å². The van der Waals surface area contributed by atoms with E-state index in [0.29, 0.717) is 5.88 Å². The number of halogens is 2. The molecule has 0 aromatic carbocycles. The molecule has 0 amide bonds. The molecule has 1 aromatic rings. The van der Waals surface area contributed by atoms with Gasteiger partial charge in [-0.2, -0.15) is 5.10 Å². The van der Waals surface area contributed by atoms with Crippen LogP contribution < -0.4 is 0 Å². The summed E-state index contributed by atoms with van der Waals surface area (Å²) in [6.45, 7) is 3.58.